The Labute approximate surface area is 155 Å². The Hall–Kier alpha value is -3.79. The van der Waals surface area contributed by atoms with Crippen LogP contribution in [0.4, 0.5) is 5.82 Å². The largest absolute Gasteiger partial charge is 0.508 e. The van der Waals surface area contributed by atoms with Crippen LogP contribution in [0.2, 0.25) is 0 Å². The molecule has 1 aromatic carbocycles. The van der Waals surface area contributed by atoms with Crippen LogP contribution in [0.5, 0.6) is 5.75 Å². The lowest BCUT2D eigenvalue weighted by atomic mass is 9.97. The molecule has 0 fully saturated rings. The summed E-state index contributed by atoms with van der Waals surface area (Å²) in [6.45, 7) is 3.46. The molecule has 2 aromatic heterocycles. The van der Waals surface area contributed by atoms with Gasteiger partial charge in [0.25, 0.3) is 0 Å². The molecule has 2 heterocycles. The molecule has 0 aliphatic heterocycles. The van der Waals surface area contributed by atoms with Crippen molar-refractivity contribution >= 4 is 11.8 Å². The number of esters is 1. The lowest BCUT2D eigenvalue weighted by Crippen LogP contribution is -2.00. The minimum atomic E-state index is -0.597. The van der Waals surface area contributed by atoms with Crippen molar-refractivity contribution in [1.29, 1.82) is 5.26 Å². The molecule has 0 aliphatic carbocycles. The molecule has 27 heavy (non-hydrogen) atoms. The minimum Gasteiger partial charge on any atom is -0.508 e. The number of aromatic hydroxyl groups is 1. The summed E-state index contributed by atoms with van der Waals surface area (Å²) in [5, 5.41) is 19.3. The molecular weight excluding hydrogens is 346 g/mol. The summed E-state index contributed by atoms with van der Waals surface area (Å²) in [4.78, 5) is 16.0. The van der Waals surface area contributed by atoms with Crippen LogP contribution in [-0.2, 0) is 4.74 Å². The molecule has 3 N–H and O–H groups in total. The predicted octanol–water partition coefficient (Wildman–Crippen LogP) is 3.57. The zero-order valence-corrected chi connectivity index (χ0v) is 15.0. The van der Waals surface area contributed by atoms with Gasteiger partial charge in [0.05, 0.1) is 12.8 Å². The Kier molecular flexibility index (Phi) is 4.57. The van der Waals surface area contributed by atoms with Gasteiger partial charge in [0.1, 0.15) is 29.0 Å². The number of pyridine rings is 1. The SMILES string of the molecule is COC(=O)c1cc(-c2cc(-c3ccc(O)c(C)c3)c(C#N)c(N)n2)c(C)o1. The highest BCUT2D eigenvalue weighted by Gasteiger charge is 2.20. The third-order valence-corrected chi connectivity index (χ3v) is 4.25. The Balaban J connectivity index is 2.21. The second-order valence-corrected chi connectivity index (χ2v) is 6.00. The normalized spacial score (nSPS) is 10.4. The molecule has 0 spiro atoms. The number of ether oxygens (including phenoxy) is 1. The Bertz CT molecular complexity index is 1090. The van der Waals surface area contributed by atoms with Gasteiger partial charge >= 0.3 is 5.97 Å². The Morgan fingerprint density at radius 1 is 1.26 bits per heavy atom. The van der Waals surface area contributed by atoms with E-state index in [0.29, 0.717) is 33.7 Å². The lowest BCUT2D eigenvalue weighted by Gasteiger charge is -2.11. The van der Waals surface area contributed by atoms with E-state index in [1.807, 2.05) is 0 Å². The van der Waals surface area contributed by atoms with Crippen LogP contribution < -0.4 is 5.73 Å². The van der Waals surface area contributed by atoms with Gasteiger partial charge in [0.15, 0.2) is 0 Å². The van der Waals surface area contributed by atoms with Crippen molar-refractivity contribution in [3.8, 4) is 34.2 Å². The van der Waals surface area contributed by atoms with Gasteiger partial charge in [-0.25, -0.2) is 9.78 Å². The fourth-order valence-corrected chi connectivity index (χ4v) is 2.81. The smallest absolute Gasteiger partial charge is 0.373 e. The fourth-order valence-electron chi connectivity index (χ4n) is 2.81. The number of nitrogens with zero attached hydrogens (tertiary/aromatic N) is 2. The van der Waals surface area contributed by atoms with Crippen LogP contribution in [0, 0.1) is 25.2 Å². The number of benzene rings is 1. The number of carbonyl (C=O) groups is 1. The zero-order chi connectivity index (χ0) is 19.7. The van der Waals surface area contributed by atoms with E-state index in [1.165, 1.54) is 13.2 Å². The number of phenols is 1. The van der Waals surface area contributed by atoms with Crippen molar-refractivity contribution in [3.05, 3.63) is 53.0 Å². The van der Waals surface area contributed by atoms with Gasteiger partial charge in [-0.3, -0.25) is 0 Å². The van der Waals surface area contributed by atoms with Gasteiger partial charge < -0.3 is 20.0 Å². The number of hydrogen-bond acceptors (Lipinski definition) is 7. The number of phenolic OH excluding ortho intramolecular Hbond substituents is 1. The minimum absolute atomic E-state index is 0.0526. The summed E-state index contributed by atoms with van der Waals surface area (Å²) in [6, 6.07) is 10.3. The molecule has 7 nitrogen and oxygen atoms in total. The first kappa shape index (κ1) is 18.0. The number of nitrogens with two attached hydrogens (primary N) is 1. The number of methoxy groups -OCH3 is 1. The van der Waals surface area contributed by atoms with E-state index in [-0.39, 0.29) is 22.9 Å². The Morgan fingerprint density at radius 2 is 2.00 bits per heavy atom. The van der Waals surface area contributed by atoms with E-state index in [9.17, 15) is 15.2 Å². The van der Waals surface area contributed by atoms with Crippen molar-refractivity contribution in [3.63, 3.8) is 0 Å². The van der Waals surface area contributed by atoms with Crippen molar-refractivity contribution in [1.82, 2.24) is 4.98 Å². The summed E-state index contributed by atoms with van der Waals surface area (Å²) in [7, 11) is 1.27. The first-order valence-corrected chi connectivity index (χ1v) is 8.05. The van der Waals surface area contributed by atoms with Crippen molar-refractivity contribution < 1.29 is 19.1 Å². The van der Waals surface area contributed by atoms with E-state index in [1.54, 1.807) is 38.1 Å². The quantitative estimate of drug-likeness (QED) is 0.682. The Morgan fingerprint density at radius 3 is 2.63 bits per heavy atom. The highest BCUT2D eigenvalue weighted by molar-refractivity contribution is 5.89. The van der Waals surface area contributed by atoms with Gasteiger partial charge in [0, 0.05) is 17.2 Å². The molecule has 0 radical (unpaired) electrons. The van der Waals surface area contributed by atoms with Crippen LogP contribution in [0.1, 0.15) is 27.4 Å². The van der Waals surface area contributed by atoms with E-state index in [2.05, 4.69) is 15.8 Å². The topological polar surface area (TPSA) is 122 Å². The molecule has 0 saturated heterocycles. The first-order chi connectivity index (χ1) is 12.8. The van der Waals surface area contributed by atoms with E-state index in [0.717, 1.165) is 0 Å². The van der Waals surface area contributed by atoms with Gasteiger partial charge in [-0.2, -0.15) is 5.26 Å². The number of furan rings is 1. The molecule has 3 aromatic rings. The number of hydrogen-bond donors (Lipinski definition) is 2. The first-order valence-electron chi connectivity index (χ1n) is 8.05. The van der Waals surface area contributed by atoms with Gasteiger partial charge in [-0.05, 0) is 43.2 Å². The summed E-state index contributed by atoms with van der Waals surface area (Å²) in [6.07, 6.45) is 0. The maximum Gasteiger partial charge on any atom is 0.373 e. The second kappa shape index (κ2) is 6.84. The van der Waals surface area contributed by atoms with Crippen LogP contribution >= 0.6 is 0 Å². The maximum absolute atomic E-state index is 11.7. The average Bonchev–Trinajstić information content (AvgIpc) is 3.04. The molecular formula is C20H17N3O4. The predicted molar refractivity (Wildman–Crippen MR) is 99.0 cm³/mol. The van der Waals surface area contributed by atoms with E-state index >= 15 is 0 Å². The number of anilines is 1. The van der Waals surface area contributed by atoms with Gasteiger partial charge in [-0.15, -0.1) is 0 Å². The molecule has 0 aliphatic rings. The summed E-state index contributed by atoms with van der Waals surface area (Å²) in [5.74, 6) is 0.154. The van der Waals surface area contributed by atoms with E-state index in [4.69, 9.17) is 10.2 Å². The van der Waals surface area contributed by atoms with Gasteiger partial charge in [0.2, 0.25) is 5.76 Å². The zero-order valence-electron chi connectivity index (χ0n) is 15.0. The number of nitrogen functional groups attached to an aromatic ring is 1. The fraction of sp³-hybridized carbons (Fsp3) is 0.150. The van der Waals surface area contributed by atoms with Crippen LogP contribution in [0.15, 0.2) is 34.7 Å². The molecule has 3 rings (SSSR count). The summed E-state index contributed by atoms with van der Waals surface area (Å²) >= 11 is 0. The van der Waals surface area contributed by atoms with E-state index < -0.39 is 5.97 Å². The standard InChI is InChI=1S/C20H17N3O4/c1-10-6-12(4-5-17(10)24)14-7-16(23-19(22)15(14)9-21)13-8-18(20(25)26-3)27-11(13)2/h4-8,24H,1-3H3,(H2,22,23). The van der Waals surface area contributed by atoms with Crippen molar-refractivity contribution in [2.75, 3.05) is 12.8 Å². The third-order valence-electron chi connectivity index (χ3n) is 4.25. The van der Waals surface area contributed by atoms with Crippen LogP contribution in [-0.4, -0.2) is 23.2 Å². The molecule has 0 unspecified atom stereocenters. The highest BCUT2D eigenvalue weighted by atomic mass is 16.5. The number of carbonyl (C=O) groups excluding carboxylic acids is 1. The number of nitriles is 1. The van der Waals surface area contributed by atoms with Crippen LogP contribution in [0.25, 0.3) is 22.4 Å². The molecule has 136 valence electrons. The maximum atomic E-state index is 11.7. The third kappa shape index (κ3) is 3.20. The van der Waals surface area contributed by atoms with Crippen molar-refractivity contribution in [2.45, 2.75) is 13.8 Å². The molecule has 0 bridgehead atoms. The summed E-state index contributed by atoms with van der Waals surface area (Å²) in [5.41, 5.74) is 9.24. The second-order valence-electron chi connectivity index (χ2n) is 6.00. The number of rotatable bonds is 3. The van der Waals surface area contributed by atoms with Crippen molar-refractivity contribution in [2.24, 2.45) is 0 Å². The van der Waals surface area contributed by atoms with Crippen LogP contribution in [0.3, 0.4) is 0 Å². The monoisotopic (exact) mass is 363 g/mol. The molecule has 7 heteroatoms. The molecule has 0 atom stereocenters. The summed E-state index contributed by atoms with van der Waals surface area (Å²) < 4.78 is 10.1. The average molecular weight is 363 g/mol. The molecule has 0 amide bonds. The highest BCUT2D eigenvalue weighted by Crippen LogP contribution is 2.35. The lowest BCUT2D eigenvalue weighted by molar-refractivity contribution is 0.0563. The number of aryl methyl sites for hydroxylation is 2. The number of aromatic nitrogens is 1. The van der Waals surface area contributed by atoms with Gasteiger partial charge in [-0.1, -0.05) is 6.07 Å². The molecule has 0 saturated carbocycles.